The fourth-order valence-electron chi connectivity index (χ4n) is 3.31. The zero-order valence-electron chi connectivity index (χ0n) is 17.2. The highest BCUT2D eigenvalue weighted by Gasteiger charge is 2.30. The zero-order chi connectivity index (χ0) is 21.9. The Hall–Kier alpha value is -3.10. The zero-order valence-corrected chi connectivity index (χ0v) is 17.2. The molecule has 0 aliphatic carbocycles. The fraction of sp³-hybridized carbons (Fsp3) is 0.429. The summed E-state index contributed by atoms with van der Waals surface area (Å²) in [6, 6.07) is 3.42. The molecule has 0 saturated heterocycles. The van der Waals surface area contributed by atoms with Crippen molar-refractivity contribution in [1.82, 2.24) is 20.2 Å². The lowest BCUT2D eigenvalue weighted by Gasteiger charge is -2.17. The van der Waals surface area contributed by atoms with E-state index in [1.165, 1.54) is 12.4 Å². The number of pyridine rings is 2. The molecule has 1 aliphatic heterocycles. The van der Waals surface area contributed by atoms with Gasteiger partial charge in [-0.05, 0) is 31.5 Å². The van der Waals surface area contributed by atoms with Crippen LogP contribution in [0.4, 0.5) is 8.78 Å². The van der Waals surface area contributed by atoms with Crippen molar-refractivity contribution >= 4 is 11.8 Å². The summed E-state index contributed by atoms with van der Waals surface area (Å²) >= 11 is 0. The highest BCUT2D eigenvalue weighted by atomic mass is 19.3. The number of amides is 2. The van der Waals surface area contributed by atoms with Gasteiger partial charge in [-0.3, -0.25) is 14.6 Å². The minimum atomic E-state index is -2.94. The van der Waals surface area contributed by atoms with Crippen LogP contribution in [0.2, 0.25) is 0 Å². The van der Waals surface area contributed by atoms with Crippen LogP contribution in [0.3, 0.4) is 0 Å². The Morgan fingerprint density at radius 3 is 2.80 bits per heavy atom. The molecule has 0 spiro atoms. The van der Waals surface area contributed by atoms with E-state index in [-0.39, 0.29) is 24.1 Å². The Kier molecular flexibility index (Phi) is 6.28. The Bertz CT molecular complexity index is 960. The molecule has 3 rings (SSSR count). The van der Waals surface area contributed by atoms with Crippen molar-refractivity contribution in [2.24, 2.45) is 0 Å². The largest absolute Gasteiger partial charge is 0.471 e. The number of hydrogen-bond acceptors (Lipinski definition) is 5. The molecular weight excluding hydrogens is 394 g/mol. The van der Waals surface area contributed by atoms with Crippen LogP contribution in [0.25, 0.3) is 0 Å². The van der Waals surface area contributed by atoms with Crippen LogP contribution in [-0.2, 0) is 24.3 Å². The Morgan fingerprint density at radius 2 is 2.13 bits per heavy atom. The third-order valence-electron chi connectivity index (χ3n) is 4.64. The molecule has 0 radical (unpaired) electrons. The van der Waals surface area contributed by atoms with Crippen LogP contribution in [0, 0.1) is 6.92 Å². The number of likely N-dealkylation sites (N-methyl/N-ethyl adjacent to an activating group) is 1. The van der Waals surface area contributed by atoms with E-state index in [1.54, 1.807) is 24.0 Å². The van der Waals surface area contributed by atoms with Crippen molar-refractivity contribution in [3.8, 4) is 5.88 Å². The predicted octanol–water partition coefficient (Wildman–Crippen LogP) is 2.65. The number of fused-ring (bicyclic) bond motifs is 1. The van der Waals surface area contributed by atoms with Gasteiger partial charge in [-0.15, -0.1) is 0 Å². The Morgan fingerprint density at radius 1 is 1.37 bits per heavy atom. The number of rotatable bonds is 8. The van der Waals surface area contributed by atoms with Gasteiger partial charge in [0.05, 0.1) is 12.1 Å². The van der Waals surface area contributed by atoms with Gasteiger partial charge in [0.25, 0.3) is 11.8 Å². The number of halogens is 2. The maximum Gasteiger partial charge on any atom is 0.278 e. The molecule has 0 saturated carbocycles. The van der Waals surface area contributed by atoms with Gasteiger partial charge < -0.3 is 15.0 Å². The van der Waals surface area contributed by atoms with E-state index in [2.05, 4.69) is 15.3 Å². The molecule has 0 bridgehead atoms. The third-order valence-corrected chi connectivity index (χ3v) is 4.64. The first-order chi connectivity index (χ1) is 14.2. The van der Waals surface area contributed by atoms with Crippen molar-refractivity contribution in [2.45, 2.75) is 46.2 Å². The minimum Gasteiger partial charge on any atom is -0.471 e. The van der Waals surface area contributed by atoms with Crippen LogP contribution < -0.4 is 10.1 Å². The van der Waals surface area contributed by atoms with Gasteiger partial charge in [-0.25, -0.2) is 13.8 Å². The van der Waals surface area contributed by atoms with Gasteiger partial charge in [0.2, 0.25) is 11.8 Å². The summed E-state index contributed by atoms with van der Waals surface area (Å²) in [5.74, 6) is -3.09. The van der Waals surface area contributed by atoms with Crippen molar-refractivity contribution in [2.75, 3.05) is 13.2 Å². The molecule has 0 aromatic carbocycles. The minimum absolute atomic E-state index is 0.118. The van der Waals surface area contributed by atoms with E-state index < -0.39 is 12.5 Å². The van der Waals surface area contributed by atoms with Crippen LogP contribution in [-0.4, -0.2) is 45.8 Å². The highest BCUT2D eigenvalue weighted by molar-refractivity contribution is 5.98. The second-order valence-corrected chi connectivity index (χ2v) is 7.40. The second kappa shape index (κ2) is 8.73. The van der Waals surface area contributed by atoms with Crippen molar-refractivity contribution < 1.29 is 23.1 Å². The van der Waals surface area contributed by atoms with Crippen LogP contribution in [0.15, 0.2) is 24.5 Å². The summed E-state index contributed by atoms with van der Waals surface area (Å²) in [4.78, 5) is 34.8. The molecule has 9 heteroatoms. The van der Waals surface area contributed by atoms with Crippen molar-refractivity contribution in [3.05, 3.63) is 52.5 Å². The number of aromatic nitrogens is 2. The average Bonchev–Trinajstić information content (AvgIpc) is 2.97. The number of aryl methyl sites for hydroxylation is 1. The predicted molar refractivity (Wildman–Crippen MR) is 105 cm³/mol. The lowest BCUT2D eigenvalue weighted by atomic mass is 10.1. The van der Waals surface area contributed by atoms with E-state index in [0.717, 1.165) is 18.1 Å². The van der Waals surface area contributed by atoms with Gasteiger partial charge >= 0.3 is 0 Å². The number of nitrogens with one attached hydrogen (secondary N) is 1. The van der Waals surface area contributed by atoms with Crippen LogP contribution >= 0.6 is 0 Å². The van der Waals surface area contributed by atoms with E-state index in [1.807, 2.05) is 6.92 Å². The molecule has 0 unspecified atom stereocenters. The lowest BCUT2D eigenvalue weighted by Crippen LogP contribution is -2.25. The molecule has 2 aromatic heterocycles. The molecule has 2 amide bonds. The van der Waals surface area contributed by atoms with Crippen molar-refractivity contribution in [3.63, 3.8) is 0 Å². The van der Waals surface area contributed by atoms with Crippen molar-refractivity contribution in [1.29, 1.82) is 0 Å². The Balaban J connectivity index is 1.71. The van der Waals surface area contributed by atoms with Crippen LogP contribution in [0.1, 0.15) is 46.6 Å². The number of nitrogens with zero attached hydrogens (tertiary/aromatic N) is 3. The molecular formula is C21H24F2N4O3. The van der Waals surface area contributed by atoms with E-state index in [0.29, 0.717) is 36.5 Å². The van der Waals surface area contributed by atoms with E-state index in [9.17, 15) is 18.4 Å². The molecule has 160 valence electrons. The Labute approximate surface area is 173 Å². The fourth-order valence-corrected chi connectivity index (χ4v) is 3.31. The summed E-state index contributed by atoms with van der Waals surface area (Å²) in [5.41, 5.74) is 3.25. The van der Waals surface area contributed by atoms with Crippen LogP contribution in [0.5, 0.6) is 5.88 Å². The number of carbonyl (C=O) groups is 2. The lowest BCUT2D eigenvalue weighted by molar-refractivity contribution is -0.120. The summed E-state index contributed by atoms with van der Waals surface area (Å²) in [5, 5.41) is 2.73. The monoisotopic (exact) mass is 418 g/mol. The first kappa shape index (κ1) is 21.6. The quantitative estimate of drug-likeness (QED) is 0.713. The number of hydrogen-bond donors (Lipinski definition) is 1. The maximum absolute atomic E-state index is 13.0. The molecule has 0 atom stereocenters. The first-order valence-corrected chi connectivity index (χ1v) is 9.67. The molecule has 3 heterocycles. The molecule has 0 fully saturated rings. The molecule has 1 aliphatic rings. The number of ether oxygens (including phenoxy) is 1. The van der Waals surface area contributed by atoms with Gasteiger partial charge in [0.1, 0.15) is 0 Å². The third kappa shape index (κ3) is 5.08. The molecule has 2 aromatic rings. The molecule has 1 N–H and O–H groups in total. The second-order valence-electron chi connectivity index (χ2n) is 7.40. The average molecular weight is 418 g/mol. The molecule has 7 nitrogen and oxygen atoms in total. The van der Waals surface area contributed by atoms with E-state index >= 15 is 0 Å². The summed E-state index contributed by atoms with van der Waals surface area (Å²) in [6.07, 6.45) is 3.17. The number of alkyl halides is 2. The summed E-state index contributed by atoms with van der Waals surface area (Å²) in [7, 11) is 0. The summed E-state index contributed by atoms with van der Waals surface area (Å²) in [6.45, 7) is 4.76. The highest BCUT2D eigenvalue weighted by Crippen LogP contribution is 2.27. The summed E-state index contributed by atoms with van der Waals surface area (Å²) < 4.78 is 31.1. The molecule has 30 heavy (non-hydrogen) atoms. The first-order valence-electron chi connectivity index (χ1n) is 9.67. The standard InChI is InChI=1S/C21H24F2N4O3/c1-4-24-18(28)8-17-16-11-27(20(29)15(16)5-6-25-17)10-14-7-13(2)19(26-9-14)30-12-21(3,22)23/h5-7,9H,4,8,10-12H2,1-3H3,(H,24,28). The smallest absolute Gasteiger partial charge is 0.278 e. The topological polar surface area (TPSA) is 84.4 Å². The van der Waals surface area contributed by atoms with E-state index in [4.69, 9.17) is 4.74 Å². The normalized spacial score (nSPS) is 13.4. The maximum atomic E-state index is 13.0. The van der Waals surface area contributed by atoms with Gasteiger partial charge in [-0.1, -0.05) is 0 Å². The van der Waals surface area contributed by atoms with Gasteiger partial charge in [0.15, 0.2) is 6.61 Å². The van der Waals surface area contributed by atoms with Gasteiger partial charge in [0, 0.05) is 55.6 Å². The SMILES string of the molecule is CCNC(=O)Cc1nccc2c1CN(Cc1cnc(OCC(C)(F)F)c(C)c1)C2=O. The number of carbonyl (C=O) groups excluding carboxylic acids is 2. The van der Waals surface area contributed by atoms with Gasteiger partial charge in [-0.2, -0.15) is 0 Å².